The number of aliphatic imine (C=N–C) groups is 1. The maximum atomic E-state index is 14.7. The van der Waals surface area contributed by atoms with E-state index in [4.69, 9.17) is 15.5 Å². The van der Waals surface area contributed by atoms with E-state index in [-0.39, 0.29) is 54.6 Å². The minimum Gasteiger partial charge on any atom is -0.504 e. The van der Waals surface area contributed by atoms with Crippen LogP contribution in [0.3, 0.4) is 0 Å². The van der Waals surface area contributed by atoms with E-state index in [0.29, 0.717) is 37.9 Å². The number of hydrogen-bond donors (Lipinski definition) is 5. The molecule has 9 atom stereocenters. The predicted molar refractivity (Wildman–Crippen MR) is 234 cm³/mol. The van der Waals surface area contributed by atoms with Gasteiger partial charge in [-0.05, 0) is 129 Å². The molecule has 0 saturated heterocycles. The van der Waals surface area contributed by atoms with Gasteiger partial charge in [0.05, 0.1) is 25.6 Å². The van der Waals surface area contributed by atoms with Crippen LogP contribution < -0.4 is 10.5 Å². The van der Waals surface area contributed by atoms with Crippen molar-refractivity contribution < 1.29 is 34.8 Å². The molecule has 2 aromatic carbocycles. The van der Waals surface area contributed by atoms with Crippen LogP contribution in [-0.4, -0.2) is 69.1 Å². The first-order valence-corrected chi connectivity index (χ1v) is 21.8. The van der Waals surface area contributed by atoms with Crippen molar-refractivity contribution in [3.63, 3.8) is 0 Å². The lowest BCUT2D eigenvalue weighted by Gasteiger charge is -2.33. The van der Waals surface area contributed by atoms with Crippen LogP contribution in [-0.2, 0) is 22.4 Å². The number of aliphatic hydroxyl groups excluding tert-OH is 3. The number of nitrogens with zero attached hydrogens (tertiary/aromatic N) is 2. The molecule has 1 aromatic heterocycles. The maximum Gasteiger partial charge on any atom is 0.177 e. The number of aliphatic hydroxyl groups is 3. The van der Waals surface area contributed by atoms with Gasteiger partial charge in [0.15, 0.2) is 34.9 Å². The summed E-state index contributed by atoms with van der Waals surface area (Å²) in [5, 5.41) is 44.0. The van der Waals surface area contributed by atoms with Crippen LogP contribution in [0.15, 0.2) is 77.6 Å². The molecular weight excluding hydrogens is 755 g/mol. The Morgan fingerprint density at radius 3 is 2.55 bits per heavy atom. The SMILES string of the molecule is CCCC(C(O)CC1=C[C+](C(C)CCCCO)C=N1)C1CC(Cc2ccnc(N)c2)CC2C#CC(c3ccccc3)c3cc(O)c(OC)cc3CCC(=O)C(O)C(=O)C2C1. The summed E-state index contributed by atoms with van der Waals surface area (Å²) in [5.41, 5.74) is 10.4. The van der Waals surface area contributed by atoms with Crippen molar-refractivity contribution in [1.82, 2.24) is 4.98 Å². The number of ketones is 2. The van der Waals surface area contributed by atoms with Crippen LogP contribution in [0.4, 0.5) is 5.82 Å². The highest BCUT2D eigenvalue weighted by Gasteiger charge is 2.44. The van der Waals surface area contributed by atoms with Gasteiger partial charge < -0.3 is 30.9 Å². The number of aryl methyl sites for hydroxylation is 1. The Hall–Kier alpha value is -4.95. The van der Waals surface area contributed by atoms with Gasteiger partial charge in [0.2, 0.25) is 0 Å². The predicted octanol–water partition coefficient (Wildman–Crippen LogP) is 7.36. The molecule has 2 aliphatic carbocycles. The number of carbonyl (C=O) groups excluding carboxylic acids is 2. The Morgan fingerprint density at radius 2 is 1.82 bits per heavy atom. The van der Waals surface area contributed by atoms with E-state index in [1.165, 1.54) is 7.11 Å². The summed E-state index contributed by atoms with van der Waals surface area (Å²) in [6, 6.07) is 17.0. The number of allylic oxidation sites excluding steroid dienone is 1. The Labute approximate surface area is 355 Å². The largest absolute Gasteiger partial charge is 0.504 e. The third kappa shape index (κ3) is 11.0. The Balaban J connectivity index is 1.41. The maximum absolute atomic E-state index is 14.7. The lowest BCUT2D eigenvalue weighted by Crippen LogP contribution is -2.39. The number of anilines is 1. The zero-order valence-corrected chi connectivity index (χ0v) is 35.3. The number of unbranched alkanes of at least 4 members (excludes halogenated alkanes) is 1. The van der Waals surface area contributed by atoms with Crippen LogP contribution in [0.5, 0.6) is 11.5 Å². The Bertz CT molecular complexity index is 2050. The number of nitrogen functional groups attached to an aromatic ring is 1. The third-order valence-corrected chi connectivity index (χ3v) is 13.0. The molecule has 0 amide bonds. The minimum absolute atomic E-state index is 0.0281. The van der Waals surface area contributed by atoms with Gasteiger partial charge in [-0.2, -0.15) is 0 Å². The van der Waals surface area contributed by atoms with Gasteiger partial charge in [0, 0.05) is 37.0 Å². The molecule has 0 bridgehead atoms. The molecule has 60 heavy (non-hydrogen) atoms. The average Bonchev–Trinajstić information content (AvgIpc) is 3.63. The topological polar surface area (TPSA) is 176 Å². The molecule has 9 unspecified atom stereocenters. The number of benzene rings is 2. The van der Waals surface area contributed by atoms with Crippen molar-refractivity contribution in [3.05, 3.63) is 101 Å². The number of pyridine rings is 1. The summed E-state index contributed by atoms with van der Waals surface area (Å²) in [6.07, 6.45) is 10.1. The number of phenolic OH excluding ortho intramolecular Hbond substituents is 1. The van der Waals surface area contributed by atoms with Crippen molar-refractivity contribution >= 4 is 23.6 Å². The summed E-state index contributed by atoms with van der Waals surface area (Å²) in [6.45, 7) is 4.45. The van der Waals surface area contributed by atoms with Gasteiger partial charge in [-0.3, -0.25) is 9.59 Å². The molecule has 3 aromatic rings. The number of ether oxygens (including phenoxy) is 1. The lowest BCUT2D eigenvalue weighted by molar-refractivity contribution is -0.142. The molecule has 3 aliphatic rings. The smallest absolute Gasteiger partial charge is 0.177 e. The summed E-state index contributed by atoms with van der Waals surface area (Å²) >= 11 is 0. The zero-order chi connectivity index (χ0) is 42.8. The second kappa shape index (κ2) is 21.0. The second-order valence-corrected chi connectivity index (χ2v) is 17.2. The Morgan fingerprint density at radius 1 is 1.02 bits per heavy atom. The van der Waals surface area contributed by atoms with E-state index >= 15 is 0 Å². The first-order valence-electron chi connectivity index (χ1n) is 21.8. The van der Waals surface area contributed by atoms with E-state index in [1.54, 1.807) is 18.3 Å². The molecule has 318 valence electrons. The number of aromatic nitrogens is 1. The molecule has 10 heteroatoms. The van der Waals surface area contributed by atoms with Crippen molar-refractivity contribution in [2.24, 2.45) is 40.5 Å². The summed E-state index contributed by atoms with van der Waals surface area (Å²) in [7, 11) is 1.47. The fourth-order valence-corrected chi connectivity index (χ4v) is 9.76. The Kier molecular flexibility index (Phi) is 15.6. The normalized spacial score (nSPS) is 24.7. The summed E-state index contributed by atoms with van der Waals surface area (Å²) < 4.78 is 5.45. The molecule has 1 aliphatic heterocycles. The standard InChI is InChI=1S/C50H61N3O7/c1-4-10-41(45(56)28-39-25-38(30-53-39)31(2)11-8-9-20-54)37-23-33(21-32-18-19-52-48(51)24-32)22-35-14-16-40(34-12-6-5-7-13-34)42-29-46(57)47(60-3)27-36(42)15-17-44(55)50(59)49(58)43(35)26-37/h5-7,12-13,18-19,24-25,27,29-31,33,35,37,40-41,43,45,50,54,56,59H,4,8-11,15,17,20-23,26,28H2,1-3H3,(H2-,51,52,57)/p+1. The third-order valence-electron chi connectivity index (χ3n) is 13.0. The van der Waals surface area contributed by atoms with Crippen LogP contribution >= 0.6 is 0 Å². The molecule has 6 rings (SSSR count). The molecule has 10 nitrogen and oxygen atoms in total. The van der Waals surface area contributed by atoms with Crippen LogP contribution in [0.25, 0.3) is 0 Å². The quantitative estimate of drug-likeness (QED) is 0.0454. The molecule has 0 radical (unpaired) electrons. The summed E-state index contributed by atoms with van der Waals surface area (Å²) in [5.74, 6) is 6.09. The van der Waals surface area contributed by atoms with Crippen molar-refractivity contribution in [1.29, 1.82) is 0 Å². The van der Waals surface area contributed by atoms with Crippen LogP contribution in [0.1, 0.15) is 106 Å². The van der Waals surface area contributed by atoms with Crippen LogP contribution in [0, 0.1) is 53.3 Å². The zero-order valence-electron chi connectivity index (χ0n) is 35.3. The first kappa shape index (κ1) is 44.6. The fraction of sp³-hybridized carbons (Fsp3) is 0.500. The van der Waals surface area contributed by atoms with E-state index < -0.39 is 41.5 Å². The van der Waals surface area contributed by atoms with Gasteiger partial charge >= 0.3 is 0 Å². The number of Topliss-reactive ketones (excluding diaryl/α,β-unsaturated/α-hetero) is 2. The van der Waals surface area contributed by atoms with E-state index in [0.717, 1.165) is 66.0 Å². The number of carbonyl (C=O) groups is 2. The van der Waals surface area contributed by atoms with E-state index in [2.05, 4.69) is 36.7 Å². The highest BCUT2D eigenvalue weighted by Crippen LogP contribution is 2.45. The molecule has 2 heterocycles. The monoisotopic (exact) mass is 816 g/mol. The molecule has 1 fully saturated rings. The molecular formula is C50H62N3O7+. The highest BCUT2D eigenvalue weighted by atomic mass is 16.5. The van der Waals surface area contributed by atoms with E-state index in [1.807, 2.05) is 48.7 Å². The van der Waals surface area contributed by atoms with Crippen molar-refractivity contribution in [3.8, 4) is 23.3 Å². The minimum atomic E-state index is -1.82. The number of aromatic hydroxyl groups is 1. The molecule has 0 spiro atoms. The number of rotatable bonds is 15. The highest BCUT2D eigenvalue weighted by molar-refractivity contribution is 6.06. The summed E-state index contributed by atoms with van der Waals surface area (Å²) in [4.78, 5) is 37.4. The first-order chi connectivity index (χ1) is 29.0. The van der Waals surface area contributed by atoms with Gasteiger partial charge in [0.1, 0.15) is 24.0 Å². The molecule has 6 N–H and O–H groups in total. The van der Waals surface area contributed by atoms with Gasteiger partial charge in [-0.1, -0.05) is 55.5 Å². The average molecular weight is 817 g/mol. The fourth-order valence-electron chi connectivity index (χ4n) is 9.76. The van der Waals surface area contributed by atoms with Gasteiger partial charge in [-0.25, -0.2) is 4.98 Å². The number of phenols is 1. The number of hydrogen-bond acceptors (Lipinski definition) is 10. The van der Waals surface area contributed by atoms with Crippen molar-refractivity contribution in [2.75, 3.05) is 19.5 Å². The number of nitrogens with two attached hydrogens (primary N) is 1. The van der Waals surface area contributed by atoms with E-state index in [9.17, 15) is 30.0 Å². The number of methoxy groups -OCH3 is 1. The van der Waals surface area contributed by atoms with Gasteiger partial charge in [-0.15, -0.1) is 4.99 Å². The van der Waals surface area contributed by atoms with Crippen LogP contribution in [0.2, 0.25) is 0 Å². The van der Waals surface area contributed by atoms with Crippen molar-refractivity contribution in [2.45, 2.75) is 109 Å². The molecule has 1 saturated carbocycles. The second-order valence-electron chi connectivity index (χ2n) is 17.2. The number of fused-ring (bicyclic) bond motifs is 2. The lowest BCUT2D eigenvalue weighted by atomic mass is 9.73. The van der Waals surface area contributed by atoms with Gasteiger partial charge in [0.25, 0.3) is 0 Å².